The molecule has 0 radical (unpaired) electrons. The van der Waals surface area contributed by atoms with E-state index in [0.717, 1.165) is 11.1 Å². The average molecular weight is 382 g/mol. The molecule has 0 atom stereocenters. The van der Waals surface area contributed by atoms with E-state index < -0.39 is 11.9 Å². The number of benzene rings is 2. The molecule has 1 aliphatic heterocycles. The van der Waals surface area contributed by atoms with Crippen LogP contribution in [0.5, 0.6) is 11.5 Å². The number of allylic oxidation sites excluding steroid dienone is 1. The molecule has 0 unspecified atom stereocenters. The largest absolute Gasteiger partial charge is 0.493 e. The third-order valence-corrected chi connectivity index (χ3v) is 4.07. The molecule has 28 heavy (non-hydrogen) atoms. The first kappa shape index (κ1) is 19.2. The Morgan fingerprint density at radius 1 is 1.14 bits per heavy atom. The van der Waals surface area contributed by atoms with Crippen LogP contribution in [-0.4, -0.2) is 19.0 Å². The van der Waals surface area contributed by atoms with Crippen LogP contribution in [0.3, 0.4) is 0 Å². The molecule has 0 spiro atoms. The molecular formula is C21H19FN2O4. The first-order valence-electron chi connectivity index (χ1n) is 8.53. The van der Waals surface area contributed by atoms with Crippen LogP contribution < -0.4 is 20.1 Å². The number of ether oxygens (including phenoxy) is 2. The van der Waals surface area contributed by atoms with E-state index in [-0.39, 0.29) is 18.1 Å². The Bertz CT molecular complexity index is 952. The van der Waals surface area contributed by atoms with Crippen molar-refractivity contribution >= 4 is 18.0 Å². The van der Waals surface area contributed by atoms with E-state index in [2.05, 4.69) is 17.2 Å². The van der Waals surface area contributed by atoms with Crippen LogP contribution in [0.1, 0.15) is 16.7 Å². The summed E-state index contributed by atoms with van der Waals surface area (Å²) >= 11 is 0. The fourth-order valence-electron chi connectivity index (χ4n) is 2.77. The minimum atomic E-state index is -0.561. The lowest BCUT2D eigenvalue weighted by Gasteiger charge is -2.16. The number of rotatable bonds is 7. The van der Waals surface area contributed by atoms with Gasteiger partial charge in [0, 0.05) is 5.56 Å². The highest BCUT2D eigenvalue weighted by molar-refractivity contribution is 6.14. The van der Waals surface area contributed by atoms with Crippen molar-refractivity contribution in [3.63, 3.8) is 0 Å². The molecule has 6 nitrogen and oxygen atoms in total. The van der Waals surface area contributed by atoms with Gasteiger partial charge in [-0.3, -0.25) is 10.1 Å². The van der Waals surface area contributed by atoms with Crippen LogP contribution in [0.4, 0.5) is 9.18 Å². The Morgan fingerprint density at radius 3 is 2.50 bits per heavy atom. The molecule has 3 amide bonds. The monoisotopic (exact) mass is 382 g/mol. The second-order valence-electron chi connectivity index (χ2n) is 6.09. The number of carbonyl (C=O) groups is 2. The van der Waals surface area contributed by atoms with Crippen LogP contribution in [0, 0.1) is 5.82 Å². The molecule has 0 bridgehead atoms. The van der Waals surface area contributed by atoms with E-state index >= 15 is 0 Å². The van der Waals surface area contributed by atoms with E-state index in [9.17, 15) is 14.0 Å². The van der Waals surface area contributed by atoms with E-state index in [0.29, 0.717) is 23.5 Å². The third kappa shape index (κ3) is 4.37. The van der Waals surface area contributed by atoms with E-state index in [1.165, 1.54) is 19.2 Å². The summed E-state index contributed by atoms with van der Waals surface area (Å²) in [6.07, 6.45) is 3.78. The second-order valence-corrected chi connectivity index (χ2v) is 6.09. The molecule has 0 aromatic heterocycles. The minimum absolute atomic E-state index is 0.150. The number of amides is 3. The van der Waals surface area contributed by atoms with Gasteiger partial charge in [-0.1, -0.05) is 18.2 Å². The number of halogens is 1. The summed E-state index contributed by atoms with van der Waals surface area (Å²) in [4.78, 5) is 23.0. The van der Waals surface area contributed by atoms with Crippen molar-refractivity contribution in [2.75, 3.05) is 7.11 Å². The van der Waals surface area contributed by atoms with E-state index in [1.807, 2.05) is 6.07 Å². The van der Waals surface area contributed by atoms with Crippen LogP contribution in [0.15, 0.2) is 54.8 Å². The van der Waals surface area contributed by atoms with Gasteiger partial charge in [-0.05, 0) is 47.9 Å². The summed E-state index contributed by atoms with van der Waals surface area (Å²) in [5, 5.41) is 4.60. The average Bonchev–Trinajstić information content (AvgIpc) is 2.99. The molecule has 3 rings (SSSR count). The Labute approximate surface area is 161 Å². The van der Waals surface area contributed by atoms with Crippen molar-refractivity contribution in [2.24, 2.45) is 0 Å². The van der Waals surface area contributed by atoms with Gasteiger partial charge in [-0.15, -0.1) is 6.58 Å². The maximum Gasteiger partial charge on any atom is 0.326 e. The summed E-state index contributed by atoms with van der Waals surface area (Å²) in [7, 11) is 1.51. The first-order chi connectivity index (χ1) is 13.5. The molecule has 1 saturated heterocycles. The Balaban J connectivity index is 1.91. The maximum absolute atomic E-state index is 13.1. The van der Waals surface area contributed by atoms with Gasteiger partial charge < -0.3 is 14.8 Å². The van der Waals surface area contributed by atoms with Crippen molar-refractivity contribution in [3.05, 3.63) is 77.3 Å². The lowest BCUT2D eigenvalue weighted by molar-refractivity contribution is -0.115. The molecular weight excluding hydrogens is 363 g/mol. The Kier molecular flexibility index (Phi) is 5.74. The number of methoxy groups -OCH3 is 1. The zero-order valence-electron chi connectivity index (χ0n) is 15.3. The molecule has 1 fully saturated rings. The number of nitrogens with one attached hydrogen (secondary N) is 2. The molecule has 2 N–H and O–H groups in total. The number of urea groups is 1. The van der Waals surface area contributed by atoms with Crippen molar-refractivity contribution in [2.45, 2.75) is 13.0 Å². The molecule has 0 aliphatic carbocycles. The third-order valence-electron chi connectivity index (χ3n) is 4.07. The van der Waals surface area contributed by atoms with Crippen molar-refractivity contribution in [1.29, 1.82) is 0 Å². The number of hydrogen-bond acceptors (Lipinski definition) is 4. The van der Waals surface area contributed by atoms with Gasteiger partial charge >= 0.3 is 6.03 Å². The van der Waals surface area contributed by atoms with Gasteiger partial charge in [0.1, 0.15) is 18.1 Å². The van der Waals surface area contributed by atoms with E-state index in [1.54, 1.807) is 30.4 Å². The zero-order valence-corrected chi connectivity index (χ0v) is 15.3. The highest BCUT2D eigenvalue weighted by Gasteiger charge is 2.23. The summed E-state index contributed by atoms with van der Waals surface area (Å²) in [6, 6.07) is 9.01. The number of imide groups is 1. The summed E-state index contributed by atoms with van der Waals surface area (Å²) in [5.41, 5.74) is 2.42. The summed E-state index contributed by atoms with van der Waals surface area (Å²) < 4.78 is 24.5. The van der Waals surface area contributed by atoms with Crippen LogP contribution in [-0.2, 0) is 17.8 Å². The maximum atomic E-state index is 13.1. The molecule has 144 valence electrons. The van der Waals surface area contributed by atoms with E-state index in [4.69, 9.17) is 9.47 Å². The summed E-state index contributed by atoms with van der Waals surface area (Å²) in [6.45, 7) is 4.00. The molecule has 7 heteroatoms. The van der Waals surface area contributed by atoms with Crippen LogP contribution in [0.25, 0.3) is 6.08 Å². The van der Waals surface area contributed by atoms with Gasteiger partial charge in [0.15, 0.2) is 11.5 Å². The standard InChI is InChI=1S/C21H19FN2O4/c1-3-4-15-9-14(10-17-20(25)24-21(26)23-17)11-18(27-2)19(15)28-12-13-5-7-16(22)8-6-13/h3,5-11H,1,4,12H2,2H3,(H2,23,24,25,26)/b17-10-. The molecule has 2 aromatic rings. The van der Waals surface area contributed by atoms with Gasteiger partial charge in [0.2, 0.25) is 0 Å². The van der Waals surface area contributed by atoms with Crippen molar-refractivity contribution in [3.8, 4) is 11.5 Å². The van der Waals surface area contributed by atoms with Gasteiger partial charge in [-0.25, -0.2) is 9.18 Å². The lowest BCUT2D eigenvalue weighted by Crippen LogP contribution is -2.22. The SMILES string of the molecule is C=CCc1cc(/C=C2\NC(=O)NC2=O)cc(OC)c1OCc1ccc(F)cc1. The molecule has 2 aromatic carbocycles. The number of hydrogen-bond donors (Lipinski definition) is 2. The Hall–Kier alpha value is -3.61. The molecule has 1 aliphatic rings. The second kappa shape index (κ2) is 8.39. The van der Waals surface area contributed by atoms with Gasteiger partial charge in [-0.2, -0.15) is 0 Å². The van der Waals surface area contributed by atoms with Crippen molar-refractivity contribution < 1.29 is 23.5 Å². The van der Waals surface area contributed by atoms with Crippen LogP contribution in [0.2, 0.25) is 0 Å². The zero-order chi connectivity index (χ0) is 20.1. The lowest BCUT2D eigenvalue weighted by atomic mass is 10.0. The first-order valence-corrected chi connectivity index (χ1v) is 8.53. The van der Waals surface area contributed by atoms with Crippen molar-refractivity contribution in [1.82, 2.24) is 10.6 Å². The normalized spacial score (nSPS) is 14.6. The topological polar surface area (TPSA) is 76.7 Å². The highest BCUT2D eigenvalue weighted by atomic mass is 19.1. The van der Waals surface area contributed by atoms with Gasteiger partial charge in [0.25, 0.3) is 5.91 Å². The highest BCUT2D eigenvalue weighted by Crippen LogP contribution is 2.35. The fraction of sp³-hybridized carbons (Fsp3) is 0.143. The summed E-state index contributed by atoms with van der Waals surface area (Å²) in [5.74, 6) is 0.201. The smallest absolute Gasteiger partial charge is 0.326 e. The predicted octanol–water partition coefficient (Wildman–Crippen LogP) is 3.32. The predicted molar refractivity (Wildman–Crippen MR) is 102 cm³/mol. The molecule has 1 heterocycles. The number of carbonyl (C=O) groups excluding carboxylic acids is 2. The quantitative estimate of drug-likeness (QED) is 0.438. The Morgan fingerprint density at radius 2 is 1.89 bits per heavy atom. The minimum Gasteiger partial charge on any atom is -0.493 e. The fourth-order valence-corrected chi connectivity index (χ4v) is 2.77. The van der Waals surface area contributed by atoms with Crippen LogP contribution >= 0.6 is 0 Å². The van der Waals surface area contributed by atoms with Gasteiger partial charge in [0.05, 0.1) is 7.11 Å². The molecule has 0 saturated carbocycles.